The van der Waals surface area contributed by atoms with Crippen LogP contribution in [0.2, 0.25) is 0 Å². The average molecular weight is 186 g/mol. The third-order valence-corrected chi connectivity index (χ3v) is 2.34. The molecule has 1 aliphatic rings. The summed E-state index contributed by atoms with van der Waals surface area (Å²) in [6, 6.07) is 0. The van der Waals surface area contributed by atoms with E-state index in [4.69, 9.17) is 9.47 Å². The van der Waals surface area contributed by atoms with E-state index in [-0.39, 0.29) is 23.4 Å². The zero-order valence-corrected chi connectivity index (χ0v) is 8.96. The summed E-state index contributed by atoms with van der Waals surface area (Å²) >= 11 is 0. The molecule has 0 aromatic carbocycles. The number of ether oxygens (including phenoxy) is 2. The molecule has 76 valence electrons. The number of carbonyl (C=O) groups is 1. The van der Waals surface area contributed by atoms with Crippen molar-refractivity contribution in [1.29, 1.82) is 0 Å². The Morgan fingerprint density at radius 2 is 1.77 bits per heavy atom. The van der Waals surface area contributed by atoms with Crippen molar-refractivity contribution in [3.8, 4) is 0 Å². The van der Waals surface area contributed by atoms with Crippen LogP contribution in [0.1, 0.15) is 34.6 Å². The minimum Gasteiger partial charge on any atom is -0.435 e. The van der Waals surface area contributed by atoms with E-state index in [1.165, 1.54) is 0 Å². The molecule has 0 radical (unpaired) electrons. The summed E-state index contributed by atoms with van der Waals surface area (Å²) in [4.78, 5) is 11.4. The van der Waals surface area contributed by atoms with Gasteiger partial charge in [0.05, 0.1) is 12.0 Å². The van der Waals surface area contributed by atoms with Gasteiger partial charge >= 0.3 is 5.97 Å². The van der Waals surface area contributed by atoms with Crippen LogP contribution in [0.25, 0.3) is 0 Å². The number of carbonyl (C=O) groups excluding carboxylic acids is 1. The molecule has 0 aromatic rings. The molecule has 0 bridgehead atoms. The first-order chi connectivity index (χ1) is 5.82. The topological polar surface area (TPSA) is 35.5 Å². The van der Waals surface area contributed by atoms with Gasteiger partial charge in [0.15, 0.2) is 0 Å². The van der Waals surface area contributed by atoms with Gasteiger partial charge in [-0.3, -0.25) is 4.79 Å². The lowest BCUT2D eigenvalue weighted by Crippen LogP contribution is -2.46. The first-order valence-corrected chi connectivity index (χ1v) is 4.68. The third-order valence-electron chi connectivity index (χ3n) is 2.34. The van der Waals surface area contributed by atoms with Crippen LogP contribution in [0.4, 0.5) is 0 Å². The van der Waals surface area contributed by atoms with E-state index in [2.05, 4.69) is 0 Å². The minimum atomic E-state index is -0.411. The summed E-state index contributed by atoms with van der Waals surface area (Å²) in [7, 11) is 0. The van der Waals surface area contributed by atoms with Crippen LogP contribution in [0.3, 0.4) is 0 Å². The summed E-state index contributed by atoms with van der Waals surface area (Å²) < 4.78 is 10.8. The van der Waals surface area contributed by atoms with Crippen LogP contribution in [0.15, 0.2) is 0 Å². The molecule has 0 N–H and O–H groups in total. The van der Waals surface area contributed by atoms with E-state index < -0.39 is 6.29 Å². The Morgan fingerprint density at radius 3 is 2.15 bits per heavy atom. The van der Waals surface area contributed by atoms with Gasteiger partial charge in [-0.1, -0.05) is 20.8 Å². The maximum absolute atomic E-state index is 11.4. The monoisotopic (exact) mass is 186 g/mol. The van der Waals surface area contributed by atoms with E-state index in [1.807, 2.05) is 34.6 Å². The van der Waals surface area contributed by atoms with Crippen molar-refractivity contribution < 1.29 is 14.3 Å². The predicted octanol–water partition coefficient (Wildman–Crippen LogP) is 1.96. The number of hydrogen-bond donors (Lipinski definition) is 0. The number of rotatable bonds is 0. The molecule has 0 spiro atoms. The van der Waals surface area contributed by atoms with Crippen LogP contribution < -0.4 is 0 Å². The normalized spacial score (nSPS) is 35.8. The van der Waals surface area contributed by atoms with Crippen LogP contribution in [-0.2, 0) is 14.3 Å². The Morgan fingerprint density at radius 1 is 1.23 bits per heavy atom. The number of hydrogen-bond acceptors (Lipinski definition) is 3. The highest BCUT2D eigenvalue weighted by molar-refractivity contribution is 5.73. The first-order valence-electron chi connectivity index (χ1n) is 4.68. The summed E-state index contributed by atoms with van der Waals surface area (Å²) in [5.41, 5.74) is -0.149. The van der Waals surface area contributed by atoms with Gasteiger partial charge in [-0.2, -0.15) is 0 Å². The van der Waals surface area contributed by atoms with Crippen molar-refractivity contribution in [3.05, 3.63) is 0 Å². The molecule has 1 rings (SSSR count). The van der Waals surface area contributed by atoms with Crippen molar-refractivity contribution in [2.75, 3.05) is 0 Å². The van der Waals surface area contributed by atoms with Gasteiger partial charge < -0.3 is 9.47 Å². The molecule has 0 amide bonds. The molecule has 1 saturated heterocycles. The molecule has 0 saturated carbocycles. The van der Waals surface area contributed by atoms with Gasteiger partial charge in [-0.05, 0) is 13.8 Å². The van der Waals surface area contributed by atoms with Crippen molar-refractivity contribution in [2.45, 2.75) is 47.0 Å². The SMILES string of the molecule is C[C@@H]1O[C@H](C(C)(C)C)OC(=O)[C@H]1C. The largest absolute Gasteiger partial charge is 0.435 e. The fourth-order valence-electron chi connectivity index (χ4n) is 1.13. The number of esters is 1. The molecule has 13 heavy (non-hydrogen) atoms. The lowest BCUT2D eigenvalue weighted by Gasteiger charge is -2.38. The Hall–Kier alpha value is -0.570. The zero-order valence-electron chi connectivity index (χ0n) is 8.96. The molecular weight excluding hydrogens is 168 g/mol. The maximum atomic E-state index is 11.4. The molecular formula is C10H18O3. The molecule has 3 atom stereocenters. The van der Waals surface area contributed by atoms with E-state index in [0.717, 1.165) is 0 Å². The van der Waals surface area contributed by atoms with Crippen LogP contribution >= 0.6 is 0 Å². The van der Waals surface area contributed by atoms with Crippen molar-refractivity contribution in [2.24, 2.45) is 11.3 Å². The summed E-state index contributed by atoms with van der Waals surface area (Å²) in [5.74, 6) is -0.308. The van der Waals surface area contributed by atoms with Crippen LogP contribution in [0, 0.1) is 11.3 Å². The Bertz CT molecular complexity index is 205. The van der Waals surface area contributed by atoms with Gasteiger partial charge in [0, 0.05) is 5.41 Å². The second-order valence-electron chi connectivity index (χ2n) is 4.76. The number of cyclic esters (lactones) is 1. The second kappa shape index (κ2) is 3.29. The Labute approximate surface area is 79.4 Å². The summed E-state index contributed by atoms with van der Waals surface area (Å²) in [6.07, 6.45) is -0.461. The standard InChI is InChI=1S/C10H18O3/c1-6-7(2)12-9(10(3,4)5)13-8(6)11/h6-7,9H,1-5H3/t6-,7-,9-/m0/s1. The van der Waals surface area contributed by atoms with Gasteiger partial charge in [0.2, 0.25) is 6.29 Å². The summed E-state index contributed by atoms with van der Waals surface area (Å²) in [5, 5.41) is 0. The van der Waals surface area contributed by atoms with E-state index in [1.54, 1.807) is 0 Å². The van der Waals surface area contributed by atoms with Gasteiger partial charge in [0.1, 0.15) is 0 Å². The molecule has 0 aromatic heterocycles. The molecule has 0 aliphatic carbocycles. The fourth-order valence-corrected chi connectivity index (χ4v) is 1.13. The van der Waals surface area contributed by atoms with Crippen molar-refractivity contribution >= 4 is 5.97 Å². The smallest absolute Gasteiger partial charge is 0.313 e. The Kier molecular flexibility index (Phi) is 2.66. The van der Waals surface area contributed by atoms with E-state index >= 15 is 0 Å². The fraction of sp³-hybridized carbons (Fsp3) is 0.900. The molecule has 1 aliphatic heterocycles. The van der Waals surface area contributed by atoms with Crippen molar-refractivity contribution in [3.63, 3.8) is 0 Å². The average Bonchev–Trinajstić information content (AvgIpc) is 1.97. The van der Waals surface area contributed by atoms with Crippen LogP contribution in [0.5, 0.6) is 0 Å². The highest BCUT2D eigenvalue weighted by Gasteiger charge is 2.39. The van der Waals surface area contributed by atoms with E-state index in [0.29, 0.717) is 0 Å². The van der Waals surface area contributed by atoms with Crippen LogP contribution in [-0.4, -0.2) is 18.4 Å². The first kappa shape index (κ1) is 10.5. The predicted molar refractivity (Wildman–Crippen MR) is 49.0 cm³/mol. The maximum Gasteiger partial charge on any atom is 0.313 e. The van der Waals surface area contributed by atoms with Gasteiger partial charge in [-0.15, -0.1) is 0 Å². The van der Waals surface area contributed by atoms with Gasteiger partial charge in [0.25, 0.3) is 0 Å². The molecule has 1 fully saturated rings. The van der Waals surface area contributed by atoms with Crippen molar-refractivity contribution in [1.82, 2.24) is 0 Å². The quantitative estimate of drug-likeness (QED) is 0.542. The second-order valence-corrected chi connectivity index (χ2v) is 4.76. The summed E-state index contributed by atoms with van der Waals surface area (Å²) in [6.45, 7) is 9.71. The van der Waals surface area contributed by atoms with Gasteiger partial charge in [-0.25, -0.2) is 0 Å². The molecule has 3 heteroatoms. The highest BCUT2D eigenvalue weighted by Crippen LogP contribution is 2.30. The molecule has 3 nitrogen and oxygen atoms in total. The molecule has 1 heterocycles. The lowest BCUT2D eigenvalue weighted by atomic mass is 9.94. The minimum absolute atomic E-state index is 0.0505. The zero-order chi connectivity index (χ0) is 10.2. The molecule has 0 unspecified atom stereocenters. The third kappa shape index (κ3) is 2.21. The van der Waals surface area contributed by atoms with E-state index in [9.17, 15) is 4.79 Å². The Balaban J connectivity index is 2.69. The lowest BCUT2D eigenvalue weighted by molar-refractivity contribution is -0.252. The highest BCUT2D eigenvalue weighted by atomic mass is 16.7.